The zero-order chi connectivity index (χ0) is 24.1. The fourth-order valence-electron chi connectivity index (χ4n) is 3.90. The van der Waals surface area contributed by atoms with Crippen LogP contribution in [0, 0.1) is 23.3 Å². The summed E-state index contributed by atoms with van der Waals surface area (Å²) in [4.78, 5) is 4.44. The van der Waals surface area contributed by atoms with Crippen LogP contribution in [-0.2, 0) is 25.7 Å². The number of rotatable bonds is 9. The number of hydrogen-bond acceptors (Lipinski definition) is 2. The Kier molecular flexibility index (Phi) is 7.46. The van der Waals surface area contributed by atoms with Crippen LogP contribution in [0.3, 0.4) is 0 Å². The van der Waals surface area contributed by atoms with Crippen LogP contribution in [0.15, 0.2) is 60.8 Å². The molecule has 0 radical (unpaired) electrons. The SMILES string of the molecule is CCCOc1ccc(CCc2ccc3c(F)c(CCc4cc(F)c(F)c(F)c4)ccc3c2)nc1. The van der Waals surface area contributed by atoms with Crippen molar-refractivity contribution in [2.24, 2.45) is 0 Å². The van der Waals surface area contributed by atoms with Crippen LogP contribution < -0.4 is 4.74 Å². The molecule has 34 heavy (non-hydrogen) atoms. The Morgan fingerprint density at radius 1 is 0.735 bits per heavy atom. The molecule has 0 bridgehead atoms. The lowest BCUT2D eigenvalue weighted by molar-refractivity contribution is 0.316. The van der Waals surface area contributed by atoms with Gasteiger partial charge < -0.3 is 4.74 Å². The maximum absolute atomic E-state index is 15.1. The second kappa shape index (κ2) is 10.7. The molecule has 1 heterocycles. The van der Waals surface area contributed by atoms with Crippen molar-refractivity contribution in [3.63, 3.8) is 0 Å². The van der Waals surface area contributed by atoms with Crippen LogP contribution in [0.4, 0.5) is 17.6 Å². The molecule has 0 saturated carbocycles. The molecule has 4 aromatic rings. The molecule has 0 spiro atoms. The van der Waals surface area contributed by atoms with E-state index in [-0.39, 0.29) is 24.2 Å². The van der Waals surface area contributed by atoms with E-state index in [2.05, 4.69) is 11.9 Å². The number of fused-ring (bicyclic) bond motifs is 1. The Labute approximate surface area is 196 Å². The van der Waals surface area contributed by atoms with Crippen LogP contribution >= 0.6 is 0 Å². The van der Waals surface area contributed by atoms with Gasteiger partial charge in [-0.1, -0.05) is 37.3 Å². The van der Waals surface area contributed by atoms with E-state index in [1.54, 1.807) is 18.3 Å². The molecule has 0 aliphatic rings. The van der Waals surface area contributed by atoms with Gasteiger partial charge in [-0.05, 0) is 78.4 Å². The van der Waals surface area contributed by atoms with Gasteiger partial charge in [-0.3, -0.25) is 4.98 Å². The number of benzene rings is 3. The monoisotopic (exact) mass is 467 g/mol. The first-order chi connectivity index (χ1) is 16.4. The van der Waals surface area contributed by atoms with Crippen molar-refractivity contribution >= 4 is 10.8 Å². The highest BCUT2D eigenvalue weighted by atomic mass is 19.2. The molecule has 0 N–H and O–H groups in total. The van der Waals surface area contributed by atoms with Gasteiger partial charge in [0.2, 0.25) is 0 Å². The fraction of sp³-hybridized carbons (Fsp3) is 0.250. The minimum Gasteiger partial charge on any atom is -0.492 e. The maximum atomic E-state index is 15.1. The average Bonchev–Trinajstić information content (AvgIpc) is 2.85. The van der Waals surface area contributed by atoms with E-state index in [1.165, 1.54) is 0 Å². The third-order valence-corrected chi connectivity index (χ3v) is 5.77. The summed E-state index contributed by atoms with van der Waals surface area (Å²) in [5.74, 6) is -3.56. The van der Waals surface area contributed by atoms with Crippen molar-refractivity contribution in [2.45, 2.75) is 39.0 Å². The normalized spacial score (nSPS) is 11.2. The van der Waals surface area contributed by atoms with Gasteiger partial charge in [0.05, 0.1) is 12.8 Å². The first-order valence-corrected chi connectivity index (χ1v) is 11.4. The zero-order valence-corrected chi connectivity index (χ0v) is 18.9. The van der Waals surface area contributed by atoms with E-state index >= 15 is 4.39 Å². The van der Waals surface area contributed by atoms with Crippen molar-refractivity contribution in [2.75, 3.05) is 6.61 Å². The molecule has 4 rings (SSSR count). The smallest absolute Gasteiger partial charge is 0.194 e. The molecule has 0 amide bonds. The average molecular weight is 468 g/mol. The fourth-order valence-corrected chi connectivity index (χ4v) is 3.90. The van der Waals surface area contributed by atoms with E-state index in [9.17, 15) is 13.2 Å². The minimum atomic E-state index is -1.50. The Morgan fingerprint density at radius 2 is 1.50 bits per heavy atom. The lowest BCUT2D eigenvalue weighted by Crippen LogP contribution is -2.00. The summed E-state index contributed by atoms with van der Waals surface area (Å²) >= 11 is 0. The number of halogens is 4. The third-order valence-electron chi connectivity index (χ3n) is 5.77. The number of ether oxygens (including phenoxy) is 1. The van der Waals surface area contributed by atoms with E-state index in [4.69, 9.17) is 4.74 Å². The van der Waals surface area contributed by atoms with E-state index < -0.39 is 17.5 Å². The molecular formula is C28H25F4NO. The van der Waals surface area contributed by atoms with Crippen LogP contribution in [0.25, 0.3) is 10.8 Å². The van der Waals surface area contributed by atoms with Crippen molar-refractivity contribution in [3.8, 4) is 5.75 Å². The predicted molar refractivity (Wildman–Crippen MR) is 125 cm³/mol. The standard InChI is InChI=1S/C28H25F4NO/c1-2-13-34-23-11-10-22(33-17-23)9-4-18-5-12-24-21(14-18)8-7-20(27(24)31)6-3-19-15-25(29)28(32)26(30)16-19/h5,7-8,10-12,14-17H,2-4,6,9,13H2,1H3. The van der Waals surface area contributed by atoms with Crippen LogP contribution in [-0.4, -0.2) is 11.6 Å². The molecule has 3 aromatic carbocycles. The first-order valence-electron chi connectivity index (χ1n) is 11.4. The molecule has 2 nitrogen and oxygen atoms in total. The van der Waals surface area contributed by atoms with Crippen molar-refractivity contribution in [1.29, 1.82) is 0 Å². The summed E-state index contributed by atoms with van der Waals surface area (Å²) in [6, 6.07) is 14.9. The Hall–Kier alpha value is -3.41. The summed E-state index contributed by atoms with van der Waals surface area (Å²) in [7, 11) is 0. The molecule has 0 aliphatic carbocycles. The molecule has 176 valence electrons. The van der Waals surface area contributed by atoms with Gasteiger partial charge in [-0.2, -0.15) is 0 Å². The Bertz CT molecular complexity index is 1260. The molecule has 0 atom stereocenters. The number of aromatic nitrogens is 1. The van der Waals surface area contributed by atoms with Crippen LogP contribution in [0.5, 0.6) is 5.75 Å². The predicted octanol–water partition coefficient (Wildman–Crippen LogP) is 7.15. The number of hydrogen-bond donors (Lipinski definition) is 0. The molecular weight excluding hydrogens is 442 g/mol. The summed E-state index contributed by atoms with van der Waals surface area (Å²) < 4.78 is 60.6. The molecule has 1 aromatic heterocycles. The van der Waals surface area contributed by atoms with E-state index in [0.717, 1.165) is 53.8 Å². The van der Waals surface area contributed by atoms with Crippen LogP contribution in [0.1, 0.15) is 35.7 Å². The van der Waals surface area contributed by atoms with Crippen LogP contribution in [0.2, 0.25) is 0 Å². The maximum Gasteiger partial charge on any atom is 0.194 e. The Balaban J connectivity index is 1.42. The molecule has 0 aliphatic heterocycles. The van der Waals surface area contributed by atoms with Crippen molar-refractivity contribution in [1.82, 2.24) is 4.98 Å². The molecule has 0 unspecified atom stereocenters. The third kappa shape index (κ3) is 5.56. The summed E-state index contributed by atoms with van der Waals surface area (Å²) in [6.07, 6.45) is 4.65. The van der Waals surface area contributed by atoms with E-state index in [1.807, 2.05) is 30.3 Å². The second-order valence-corrected chi connectivity index (χ2v) is 8.30. The summed E-state index contributed by atoms with van der Waals surface area (Å²) in [6.45, 7) is 2.72. The topological polar surface area (TPSA) is 22.1 Å². The van der Waals surface area contributed by atoms with Gasteiger partial charge in [0.1, 0.15) is 11.6 Å². The second-order valence-electron chi connectivity index (χ2n) is 8.30. The minimum absolute atomic E-state index is 0.198. The van der Waals surface area contributed by atoms with Crippen molar-refractivity contribution < 1.29 is 22.3 Å². The van der Waals surface area contributed by atoms with Gasteiger partial charge >= 0.3 is 0 Å². The highest BCUT2D eigenvalue weighted by Gasteiger charge is 2.13. The van der Waals surface area contributed by atoms with Gasteiger partial charge in [0.25, 0.3) is 0 Å². The summed E-state index contributed by atoms with van der Waals surface area (Å²) in [5.41, 5.74) is 2.76. The van der Waals surface area contributed by atoms with Gasteiger partial charge in [0.15, 0.2) is 17.5 Å². The molecule has 6 heteroatoms. The number of pyridine rings is 1. The molecule has 0 saturated heterocycles. The summed E-state index contributed by atoms with van der Waals surface area (Å²) in [5, 5.41) is 1.28. The zero-order valence-electron chi connectivity index (χ0n) is 18.9. The van der Waals surface area contributed by atoms with Gasteiger partial charge in [-0.15, -0.1) is 0 Å². The highest BCUT2D eigenvalue weighted by molar-refractivity contribution is 5.84. The first kappa shape index (κ1) is 23.7. The van der Waals surface area contributed by atoms with Crippen molar-refractivity contribution in [3.05, 3.63) is 106 Å². The lowest BCUT2D eigenvalue weighted by atomic mass is 9.98. The molecule has 0 fully saturated rings. The number of aryl methyl sites for hydroxylation is 4. The van der Waals surface area contributed by atoms with Gasteiger partial charge in [-0.25, -0.2) is 17.6 Å². The number of nitrogens with zero attached hydrogens (tertiary/aromatic N) is 1. The largest absolute Gasteiger partial charge is 0.492 e. The quantitative estimate of drug-likeness (QED) is 0.193. The highest BCUT2D eigenvalue weighted by Crippen LogP contribution is 2.25. The van der Waals surface area contributed by atoms with E-state index in [0.29, 0.717) is 17.6 Å². The van der Waals surface area contributed by atoms with Gasteiger partial charge in [0, 0.05) is 11.1 Å². The Morgan fingerprint density at radius 3 is 2.21 bits per heavy atom. The lowest BCUT2D eigenvalue weighted by Gasteiger charge is -2.10.